The van der Waals surface area contributed by atoms with E-state index in [1.165, 1.54) is 6.92 Å². The first kappa shape index (κ1) is 34.8. The normalized spacial score (nSPS) is 19.3. The number of carbonyl (C=O) groups is 2. The van der Waals surface area contributed by atoms with E-state index in [1.807, 2.05) is 84.5 Å². The number of nitrogens with zero attached hydrogens (tertiary/aromatic N) is 4. The lowest BCUT2D eigenvalue weighted by molar-refractivity contribution is -0.688. The second-order valence-electron chi connectivity index (χ2n) is 12.6. The summed E-state index contributed by atoms with van der Waals surface area (Å²) in [5, 5.41) is 0.975. The fraction of sp³-hybridized carbons (Fsp3) is 0.378. The van der Waals surface area contributed by atoms with E-state index in [0.717, 1.165) is 54.3 Å². The molecule has 3 aromatic carbocycles. The van der Waals surface area contributed by atoms with Gasteiger partial charge in [0.1, 0.15) is 49.7 Å². The van der Waals surface area contributed by atoms with Gasteiger partial charge in [0, 0.05) is 56.3 Å². The van der Waals surface area contributed by atoms with Gasteiger partial charge in [-0.2, -0.15) is 0 Å². The molecule has 2 atom stereocenters. The smallest absolute Gasteiger partial charge is 0.308 e. The molecule has 1 amide bonds. The zero-order valence-corrected chi connectivity index (χ0v) is 29.7. The molecule has 0 radical (unpaired) electrons. The highest BCUT2D eigenvalue weighted by Gasteiger charge is 2.47. The number of aryl methyl sites for hydroxylation is 2. The predicted molar refractivity (Wildman–Crippen MR) is 186 cm³/mol. The number of halogens is 2. The molecule has 4 aromatic rings. The summed E-state index contributed by atoms with van der Waals surface area (Å²) in [7, 11) is 0. The van der Waals surface area contributed by atoms with Gasteiger partial charge in [0.05, 0.1) is 11.6 Å². The van der Waals surface area contributed by atoms with E-state index in [4.69, 9.17) is 42.1 Å². The van der Waals surface area contributed by atoms with E-state index in [1.54, 1.807) is 19.1 Å². The number of esters is 1. The number of rotatable bonds is 10. The molecular formula is C37H41Cl2N4O6+. The molecule has 0 N–H and O–H groups in total. The minimum atomic E-state index is -1.17. The highest BCUT2D eigenvalue weighted by Crippen LogP contribution is 2.40. The van der Waals surface area contributed by atoms with Crippen LogP contribution >= 0.6 is 23.2 Å². The van der Waals surface area contributed by atoms with Crippen molar-refractivity contribution in [1.29, 1.82) is 0 Å². The number of ether oxygens (including phenoxy) is 4. The van der Waals surface area contributed by atoms with Crippen molar-refractivity contribution in [3.05, 3.63) is 106 Å². The second-order valence-corrected chi connectivity index (χ2v) is 13.5. The van der Waals surface area contributed by atoms with Crippen molar-refractivity contribution in [3.63, 3.8) is 0 Å². The van der Waals surface area contributed by atoms with Gasteiger partial charge >= 0.3 is 5.97 Å². The van der Waals surface area contributed by atoms with E-state index in [2.05, 4.69) is 9.47 Å². The minimum Gasteiger partial charge on any atom is -0.491 e. The van der Waals surface area contributed by atoms with Crippen LogP contribution in [0.25, 0.3) is 0 Å². The van der Waals surface area contributed by atoms with E-state index in [0.29, 0.717) is 41.1 Å². The highest BCUT2D eigenvalue weighted by molar-refractivity contribution is 6.35. The molecule has 2 unspecified atom stereocenters. The van der Waals surface area contributed by atoms with Gasteiger partial charge in [0.2, 0.25) is 18.0 Å². The summed E-state index contributed by atoms with van der Waals surface area (Å²) >= 11 is 13.0. The lowest BCUT2D eigenvalue weighted by Gasteiger charge is -2.35. The molecule has 6 rings (SSSR count). The summed E-state index contributed by atoms with van der Waals surface area (Å²) in [4.78, 5) is 27.3. The van der Waals surface area contributed by atoms with Crippen LogP contribution < -0.4 is 18.9 Å². The fourth-order valence-electron chi connectivity index (χ4n) is 6.49. The van der Waals surface area contributed by atoms with Gasteiger partial charge in [-0.3, -0.25) is 9.59 Å². The van der Waals surface area contributed by atoms with E-state index in [-0.39, 0.29) is 24.6 Å². The predicted octanol–water partition coefficient (Wildman–Crippen LogP) is 5.69. The number of aromatic nitrogens is 2. The van der Waals surface area contributed by atoms with Crippen LogP contribution in [0, 0.1) is 13.8 Å². The maximum absolute atomic E-state index is 11.7. The Kier molecular flexibility index (Phi) is 10.5. The van der Waals surface area contributed by atoms with Gasteiger partial charge in [-0.1, -0.05) is 29.3 Å². The number of hydrogen-bond donors (Lipinski definition) is 0. The van der Waals surface area contributed by atoms with Gasteiger partial charge < -0.3 is 28.7 Å². The van der Waals surface area contributed by atoms with Crippen LogP contribution in [0.5, 0.6) is 11.5 Å². The number of amides is 1. The molecule has 49 heavy (non-hydrogen) atoms. The van der Waals surface area contributed by atoms with Crippen LogP contribution in [-0.2, 0) is 37.9 Å². The Morgan fingerprint density at radius 1 is 0.980 bits per heavy atom. The van der Waals surface area contributed by atoms with E-state index in [9.17, 15) is 9.59 Å². The standard InChI is InChI=1S/C37H41Cl2N4O6/c1-25-17-29(18-26(2)36(25)48-28(4)45)20-40-11-12-41(24-40)23-37(34-10-5-30(38)19-35(34)39)47-22-33(49-37)21-46-32-8-6-31(7-9-32)43-15-13-42(14-16-43)27(3)44/h5-12,17-19,24,33H,13-16,20-23H2,1-4H3/q+1. The summed E-state index contributed by atoms with van der Waals surface area (Å²) in [6.07, 6.45) is 5.60. The molecule has 12 heteroatoms. The van der Waals surface area contributed by atoms with Crippen molar-refractivity contribution in [2.45, 2.75) is 52.7 Å². The van der Waals surface area contributed by atoms with Crippen molar-refractivity contribution >= 4 is 40.8 Å². The molecular weight excluding hydrogens is 667 g/mol. The summed E-state index contributed by atoms with van der Waals surface area (Å²) < 4.78 is 28.7. The molecule has 2 fully saturated rings. The van der Waals surface area contributed by atoms with Gasteiger partial charge in [0.25, 0.3) is 0 Å². The summed E-state index contributed by atoms with van der Waals surface area (Å²) in [5.41, 5.74) is 4.67. The first-order chi connectivity index (χ1) is 23.5. The van der Waals surface area contributed by atoms with Crippen molar-refractivity contribution in [2.75, 3.05) is 44.3 Å². The molecule has 0 aliphatic carbocycles. The Morgan fingerprint density at radius 3 is 2.35 bits per heavy atom. The summed E-state index contributed by atoms with van der Waals surface area (Å²) in [6, 6.07) is 17.4. The summed E-state index contributed by atoms with van der Waals surface area (Å²) in [5.74, 6) is -0.0524. The molecule has 0 bridgehead atoms. The maximum Gasteiger partial charge on any atom is 0.308 e. The third-order valence-corrected chi connectivity index (χ3v) is 9.38. The average molecular weight is 709 g/mol. The Hall–Kier alpha value is -4.09. The Labute approximate surface area is 296 Å². The molecule has 258 valence electrons. The number of imidazole rings is 1. The van der Waals surface area contributed by atoms with Crippen molar-refractivity contribution in [3.8, 4) is 11.5 Å². The van der Waals surface area contributed by atoms with Gasteiger partial charge in [-0.25, -0.2) is 9.13 Å². The Balaban J connectivity index is 1.12. The van der Waals surface area contributed by atoms with E-state index >= 15 is 0 Å². The van der Waals surface area contributed by atoms with Crippen molar-refractivity contribution in [2.24, 2.45) is 0 Å². The largest absolute Gasteiger partial charge is 0.491 e. The second kappa shape index (κ2) is 14.8. The molecule has 3 heterocycles. The Morgan fingerprint density at radius 2 is 1.69 bits per heavy atom. The van der Waals surface area contributed by atoms with Crippen LogP contribution in [0.1, 0.15) is 36.1 Å². The van der Waals surface area contributed by atoms with Crippen LogP contribution in [-0.4, -0.2) is 66.8 Å². The number of carbonyl (C=O) groups excluding carboxylic acids is 2. The number of piperazine rings is 1. The summed E-state index contributed by atoms with van der Waals surface area (Å²) in [6.45, 7) is 11.5. The van der Waals surface area contributed by atoms with Crippen molar-refractivity contribution < 1.29 is 33.1 Å². The lowest BCUT2D eigenvalue weighted by Crippen LogP contribution is -2.48. The number of hydrogen-bond acceptors (Lipinski definition) is 7. The van der Waals surface area contributed by atoms with Gasteiger partial charge in [-0.15, -0.1) is 0 Å². The van der Waals surface area contributed by atoms with Crippen LogP contribution in [0.4, 0.5) is 5.69 Å². The van der Waals surface area contributed by atoms with E-state index < -0.39 is 5.79 Å². The van der Waals surface area contributed by atoms with Crippen LogP contribution in [0.2, 0.25) is 10.0 Å². The first-order valence-corrected chi connectivity index (χ1v) is 17.1. The Bertz CT molecular complexity index is 1800. The SMILES string of the molecule is CC(=O)Oc1c(C)cc(C[n+]2ccn(CC3(c4ccc(Cl)cc4Cl)OCC(COc4ccc(N5CCN(C(C)=O)CC5)cc4)O3)c2)cc1C. The molecule has 1 aromatic heterocycles. The quantitative estimate of drug-likeness (QED) is 0.119. The average Bonchev–Trinajstić information content (AvgIpc) is 3.68. The maximum atomic E-state index is 11.7. The monoisotopic (exact) mass is 707 g/mol. The third-order valence-electron chi connectivity index (χ3n) is 8.83. The molecule has 2 aliphatic heterocycles. The topological polar surface area (TPSA) is 86.4 Å². The third kappa shape index (κ3) is 8.21. The fourth-order valence-corrected chi connectivity index (χ4v) is 7.04. The zero-order chi connectivity index (χ0) is 34.7. The van der Waals surface area contributed by atoms with Gasteiger partial charge in [0.15, 0.2) is 0 Å². The first-order valence-electron chi connectivity index (χ1n) is 16.3. The molecule has 2 saturated heterocycles. The molecule has 2 aliphatic rings. The number of anilines is 1. The molecule has 0 spiro atoms. The number of benzene rings is 3. The lowest BCUT2D eigenvalue weighted by atomic mass is 10.1. The zero-order valence-electron chi connectivity index (χ0n) is 28.2. The molecule has 10 nitrogen and oxygen atoms in total. The minimum absolute atomic E-state index is 0.118. The molecule has 0 saturated carbocycles. The van der Waals surface area contributed by atoms with Crippen molar-refractivity contribution in [1.82, 2.24) is 9.47 Å². The van der Waals surface area contributed by atoms with Crippen LogP contribution in [0.3, 0.4) is 0 Å². The van der Waals surface area contributed by atoms with Gasteiger partial charge in [-0.05, 0) is 79.1 Å². The van der Waals surface area contributed by atoms with Crippen LogP contribution in [0.15, 0.2) is 73.3 Å². The highest BCUT2D eigenvalue weighted by atomic mass is 35.5.